The lowest BCUT2D eigenvalue weighted by Crippen LogP contribution is -2.01. The molecule has 0 rings (SSSR count). The molecule has 0 radical (unpaired) electrons. The van der Waals surface area contributed by atoms with E-state index in [-0.39, 0.29) is 0 Å². The monoisotopic (exact) mass is 99.1 g/mol. The quantitative estimate of drug-likeness (QED) is 0.378. The van der Waals surface area contributed by atoms with E-state index in [1.165, 1.54) is 6.21 Å². The van der Waals surface area contributed by atoms with Crippen LogP contribution >= 0.6 is 0 Å². The molecular formula is C4H9N3. The van der Waals surface area contributed by atoms with Crippen LogP contribution in [0.2, 0.25) is 0 Å². The van der Waals surface area contributed by atoms with Gasteiger partial charge >= 0.3 is 0 Å². The van der Waals surface area contributed by atoms with Gasteiger partial charge in [0.15, 0.2) is 0 Å². The minimum absolute atomic E-state index is 0.683. The van der Waals surface area contributed by atoms with Crippen molar-refractivity contribution in [2.45, 2.75) is 6.92 Å². The average molecular weight is 99.1 g/mol. The first-order valence-corrected chi connectivity index (χ1v) is 2.02. The average Bonchev–Trinajstić information content (AvgIpc) is 1.68. The molecule has 0 fully saturated rings. The predicted molar refractivity (Wildman–Crippen MR) is 31.0 cm³/mol. The van der Waals surface area contributed by atoms with Crippen LogP contribution in [0.4, 0.5) is 0 Å². The van der Waals surface area contributed by atoms with Crippen molar-refractivity contribution in [2.75, 3.05) is 7.05 Å². The minimum Gasteiger partial charge on any atom is -0.313 e. The molecule has 0 atom stereocenters. The molecule has 0 aromatic heterocycles. The summed E-state index contributed by atoms with van der Waals surface area (Å²) in [5.74, 6) is 0. The predicted octanol–water partition coefficient (Wildman–Crippen LogP) is 0.231. The van der Waals surface area contributed by atoms with Crippen molar-refractivity contribution in [2.24, 2.45) is 5.10 Å². The van der Waals surface area contributed by atoms with Crippen molar-refractivity contribution in [3.63, 3.8) is 0 Å². The van der Waals surface area contributed by atoms with Crippen molar-refractivity contribution < 1.29 is 0 Å². The third-order valence-electron chi connectivity index (χ3n) is 0.497. The molecular weight excluding hydrogens is 90.1 g/mol. The normalized spacial score (nSPS) is 10.9. The minimum atomic E-state index is 0.683. The first kappa shape index (κ1) is 6.14. The molecule has 40 valence electrons. The SMILES string of the molecule is CN/N=C(/C)C=N. The second-order valence-corrected chi connectivity index (χ2v) is 1.12. The van der Waals surface area contributed by atoms with Crippen LogP contribution in [0.15, 0.2) is 5.10 Å². The smallest absolute Gasteiger partial charge is 0.0747 e. The van der Waals surface area contributed by atoms with Gasteiger partial charge in [-0.05, 0) is 6.92 Å². The summed E-state index contributed by atoms with van der Waals surface area (Å²) in [7, 11) is 1.70. The van der Waals surface area contributed by atoms with Crippen LogP contribution in [0.1, 0.15) is 6.92 Å². The summed E-state index contributed by atoms with van der Waals surface area (Å²) in [4.78, 5) is 0. The molecule has 0 aliphatic rings. The topological polar surface area (TPSA) is 48.2 Å². The van der Waals surface area contributed by atoms with E-state index in [0.717, 1.165) is 0 Å². The Bertz CT molecular complexity index is 84.9. The number of hydrogen-bond donors (Lipinski definition) is 2. The molecule has 0 unspecified atom stereocenters. The molecule has 3 heteroatoms. The van der Waals surface area contributed by atoms with Crippen LogP contribution in [-0.4, -0.2) is 19.0 Å². The molecule has 7 heavy (non-hydrogen) atoms. The van der Waals surface area contributed by atoms with Gasteiger partial charge in [-0.25, -0.2) is 0 Å². The zero-order valence-corrected chi connectivity index (χ0v) is 4.52. The molecule has 0 amide bonds. The Morgan fingerprint density at radius 3 is 2.57 bits per heavy atom. The van der Waals surface area contributed by atoms with Crippen LogP contribution in [0.5, 0.6) is 0 Å². The van der Waals surface area contributed by atoms with Gasteiger partial charge in [0, 0.05) is 13.3 Å². The standard InChI is InChI=1S/C4H9N3/c1-4(3-5)7-6-2/h3,5-6H,1-2H3/b5-3?,7-4-. The van der Waals surface area contributed by atoms with E-state index in [9.17, 15) is 0 Å². The molecule has 0 aromatic carbocycles. The first-order valence-electron chi connectivity index (χ1n) is 2.02. The van der Waals surface area contributed by atoms with Crippen LogP contribution in [-0.2, 0) is 0 Å². The molecule has 0 aliphatic carbocycles. The lowest BCUT2D eigenvalue weighted by molar-refractivity contribution is 0.903. The fourth-order valence-corrected chi connectivity index (χ4v) is 0.209. The van der Waals surface area contributed by atoms with Crippen molar-refractivity contribution in [3.05, 3.63) is 0 Å². The van der Waals surface area contributed by atoms with Crippen molar-refractivity contribution in [1.82, 2.24) is 5.43 Å². The van der Waals surface area contributed by atoms with Crippen LogP contribution in [0.3, 0.4) is 0 Å². The van der Waals surface area contributed by atoms with Gasteiger partial charge in [-0.1, -0.05) is 0 Å². The summed E-state index contributed by atoms with van der Waals surface area (Å²) in [5, 5.41) is 10.3. The maximum Gasteiger partial charge on any atom is 0.0747 e. The Balaban J connectivity index is 3.49. The fourth-order valence-electron chi connectivity index (χ4n) is 0.209. The third-order valence-corrected chi connectivity index (χ3v) is 0.497. The highest BCUT2D eigenvalue weighted by atomic mass is 15.3. The molecule has 0 saturated heterocycles. The number of nitrogens with one attached hydrogen (secondary N) is 2. The Labute approximate surface area is 42.9 Å². The van der Waals surface area contributed by atoms with Gasteiger partial charge in [-0.15, -0.1) is 0 Å². The van der Waals surface area contributed by atoms with Gasteiger partial charge < -0.3 is 10.8 Å². The van der Waals surface area contributed by atoms with Crippen LogP contribution in [0, 0.1) is 5.41 Å². The van der Waals surface area contributed by atoms with Gasteiger partial charge in [0.2, 0.25) is 0 Å². The number of hydrogen-bond acceptors (Lipinski definition) is 3. The van der Waals surface area contributed by atoms with E-state index in [0.29, 0.717) is 5.71 Å². The van der Waals surface area contributed by atoms with Gasteiger partial charge in [0.1, 0.15) is 0 Å². The zero-order valence-electron chi connectivity index (χ0n) is 4.52. The highest BCUT2D eigenvalue weighted by Crippen LogP contribution is 1.62. The Morgan fingerprint density at radius 2 is 2.43 bits per heavy atom. The van der Waals surface area contributed by atoms with Crippen LogP contribution in [0.25, 0.3) is 0 Å². The van der Waals surface area contributed by atoms with E-state index < -0.39 is 0 Å². The molecule has 3 nitrogen and oxygen atoms in total. The van der Waals surface area contributed by atoms with Crippen molar-refractivity contribution in [3.8, 4) is 0 Å². The van der Waals surface area contributed by atoms with Crippen LogP contribution < -0.4 is 5.43 Å². The lowest BCUT2D eigenvalue weighted by atomic mass is 10.5. The number of rotatable bonds is 2. The van der Waals surface area contributed by atoms with Gasteiger partial charge in [0.25, 0.3) is 0 Å². The summed E-state index contributed by atoms with van der Waals surface area (Å²) in [6.45, 7) is 1.75. The summed E-state index contributed by atoms with van der Waals surface area (Å²) in [6, 6.07) is 0. The van der Waals surface area contributed by atoms with Crippen molar-refractivity contribution in [1.29, 1.82) is 5.41 Å². The maximum absolute atomic E-state index is 6.62. The summed E-state index contributed by atoms with van der Waals surface area (Å²) in [5.41, 5.74) is 3.24. The molecule has 2 N–H and O–H groups in total. The molecule has 0 bridgehead atoms. The second-order valence-electron chi connectivity index (χ2n) is 1.12. The van der Waals surface area contributed by atoms with Gasteiger partial charge in [0.05, 0.1) is 5.71 Å². The van der Waals surface area contributed by atoms with E-state index in [2.05, 4.69) is 10.5 Å². The number of hydrazone groups is 1. The Kier molecular flexibility index (Phi) is 2.92. The molecule has 0 heterocycles. The Hall–Kier alpha value is -0.860. The zero-order chi connectivity index (χ0) is 5.70. The van der Waals surface area contributed by atoms with E-state index >= 15 is 0 Å². The Morgan fingerprint density at radius 1 is 1.86 bits per heavy atom. The lowest BCUT2D eigenvalue weighted by Gasteiger charge is -1.85. The van der Waals surface area contributed by atoms with E-state index in [4.69, 9.17) is 5.41 Å². The summed E-state index contributed by atoms with van der Waals surface area (Å²) >= 11 is 0. The maximum atomic E-state index is 6.62. The summed E-state index contributed by atoms with van der Waals surface area (Å²) < 4.78 is 0. The fraction of sp³-hybridized carbons (Fsp3) is 0.500. The van der Waals surface area contributed by atoms with E-state index in [1.54, 1.807) is 14.0 Å². The largest absolute Gasteiger partial charge is 0.313 e. The van der Waals surface area contributed by atoms with E-state index in [1.807, 2.05) is 0 Å². The third kappa shape index (κ3) is 2.96. The highest BCUT2D eigenvalue weighted by Gasteiger charge is 1.74. The first-order chi connectivity index (χ1) is 3.31. The second kappa shape index (κ2) is 3.33. The molecule has 0 aromatic rings. The van der Waals surface area contributed by atoms with Crippen molar-refractivity contribution >= 4 is 11.9 Å². The number of nitrogens with zero attached hydrogens (tertiary/aromatic N) is 1. The summed E-state index contributed by atoms with van der Waals surface area (Å²) in [6.07, 6.45) is 1.19. The molecule has 0 aliphatic heterocycles. The molecule has 0 saturated carbocycles. The van der Waals surface area contributed by atoms with Gasteiger partial charge in [-0.2, -0.15) is 5.10 Å². The highest BCUT2D eigenvalue weighted by molar-refractivity contribution is 6.28. The molecule has 0 spiro atoms. The van der Waals surface area contributed by atoms with Gasteiger partial charge in [-0.3, -0.25) is 0 Å².